The maximum absolute atomic E-state index is 3.74. The topological polar surface area (TPSA) is 0 Å². The van der Waals surface area contributed by atoms with E-state index in [1.54, 1.807) is 0 Å². The third-order valence-corrected chi connectivity index (χ3v) is 6.12. The van der Waals surface area contributed by atoms with Crippen LogP contribution in [-0.2, 0) is 27.1 Å². The van der Waals surface area contributed by atoms with Crippen LogP contribution in [0.4, 0.5) is 0 Å². The van der Waals surface area contributed by atoms with Crippen LogP contribution in [-0.4, -0.2) is 8.07 Å². The van der Waals surface area contributed by atoms with Gasteiger partial charge in [-0.2, -0.15) is 5.57 Å². The minimum Gasteiger partial charge on any atom is -1.00 e. The summed E-state index contributed by atoms with van der Waals surface area (Å²) in [4.78, 5) is 0. The molecule has 1 aromatic rings. The molecule has 0 heterocycles. The number of allylic oxidation sites excluding steroid dienone is 4. The number of aryl methyl sites for hydroxylation is 1. The molecule has 0 saturated heterocycles. The standard InChI is InChI=1S/C18H25Si.3ClH.Ti/c1-14-9-7-8-10-17(14)18(2,3)15-11-12-16(13-15)19(4,5)6;;;;/h7-10,12H,11H2,1-6H3;3*1H;/q-1;;;;+4/p-3. The first-order valence-electron chi connectivity index (χ1n) is 7.13. The summed E-state index contributed by atoms with van der Waals surface area (Å²) in [7, 11) is -1.23. The molecular formula is C18H25Cl3SiTi. The average Bonchev–Trinajstić information content (AvgIpc) is 2.78. The van der Waals surface area contributed by atoms with E-state index in [9.17, 15) is 0 Å². The molecule has 0 radical (unpaired) electrons. The molecule has 0 nitrogen and oxygen atoms in total. The second-order valence-electron chi connectivity index (χ2n) is 7.12. The molecule has 0 saturated carbocycles. The molecule has 0 unspecified atom stereocenters. The number of hydrogen-bond acceptors (Lipinski definition) is 0. The van der Waals surface area contributed by atoms with Gasteiger partial charge in [-0.3, -0.25) is 6.08 Å². The molecule has 5 heteroatoms. The van der Waals surface area contributed by atoms with E-state index in [1.165, 1.54) is 21.9 Å². The quantitative estimate of drug-likeness (QED) is 0.346. The normalized spacial score (nSPS) is 13.5. The van der Waals surface area contributed by atoms with Crippen molar-refractivity contribution in [3.05, 3.63) is 58.3 Å². The largest absolute Gasteiger partial charge is 4.00 e. The van der Waals surface area contributed by atoms with E-state index >= 15 is 0 Å². The summed E-state index contributed by atoms with van der Waals surface area (Å²) >= 11 is 0. The van der Waals surface area contributed by atoms with E-state index < -0.39 is 8.07 Å². The van der Waals surface area contributed by atoms with Crippen LogP contribution in [0.2, 0.25) is 19.6 Å². The van der Waals surface area contributed by atoms with Crippen molar-refractivity contribution in [2.75, 3.05) is 0 Å². The Labute approximate surface area is 176 Å². The second-order valence-corrected chi connectivity index (χ2v) is 12.2. The van der Waals surface area contributed by atoms with Gasteiger partial charge in [0.1, 0.15) is 0 Å². The van der Waals surface area contributed by atoms with Crippen LogP contribution in [0, 0.1) is 13.0 Å². The Morgan fingerprint density at radius 2 is 1.52 bits per heavy atom. The molecule has 0 bridgehead atoms. The maximum Gasteiger partial charge on any atom is 4.00 e. The van der Waals surface area contributed by atoms with Gasteiger partial charge in [-0.15, -0.1) is 0 Å². The van der Waals surface area contributed by atoms with Crippen LogP contribution >= 0.6 is 0 Å². The molecular weight excluding hydrogens is 399 g/mol. The van der Waals surface area contributed by atoms with Crippen molar-refractivity contribution in [3.63, 3.8) is 0 Å². The molecule has 2 rings (SSSR count). The van der Waals surface area contributed by atoms with Gasteiger partial charge >= 0.3 is 21.7 Å². The average molecular weight is 424 g/mol. The summed E-state index contributed by atoms with van der Waals surface area (Å²) in [5.41, 5.74) is 4.34. The number of halogens is 3. The molecule has 23 heavy (non-hydrogen) atoms. The van der Waals surface area contributed by atoms with Gasteiger partial charge in [-0.05, 0) is 23.5 Å². The smallest absolute Gasteiger partial charge is 1.00 e. The van der Waals surface area contributed by atoms with Gasteiger partial charge < -0.3 is 37.2 Å². The zero-order valence-electron chi connectivity index (χ0n) is 14.7. The summed E-state index contributed by atoms with van der Waals surface area (Å²) in [6.07, 6.45) is 7.21. The van der Waals surface area contributed by atoms with Crippen molar-refractivity contribution in [1.82, 2.24) is 0 Å². The van der Waals surface area contributed by atoms with Gasteiger partial charge in [0.25, 0.3) is 0 Å². The van der Waals surface area contributed by atoms with Gasteiger partial charge in [0.15, 0.2) is 0 Å². The second kappa shape index (κ2) is 10.5. The number of benzene rings is 1. The molecule has 0 atom stereocenters. The Kier molecular flexibility index (Phi) is 12.9. The summed E-state index contributed by atoms with van der Waals surface area (Å²) in [5, 5.41) is 1.49. The SMILES string of the molecule is Cc1ccccc1C(C)(C)C1=[C-]C([Si](C)(C)C)=CC1.[Cl-].[Cl-].[Cl-].[Ti+4]. The Morgan fingerprint density at radius 3 is 1.96 bits per heavy atom. The summed E-state index contributed by atoms with van der Waals surface area (Å²) in [6, 6.07) is 8.73. The minimum atomic E-state index is -1.23. The van der Waals surface area contributed by atoms with Gasteiger partial charge in [-0.25, -0.2) is 11.3 Å². The van der Waals surface area contributed by atoms with Crippen molar-refractivity contribution >= 4 is 8.07 Å². The molecule has 126 valence electrons. The molecule has 0 aliphatic heterocycles. The van der Waals surface area contributed by atoms with Gasteiger partial charge in [0.2, 0.25) is 0 Å². The predicted octanol–water partition coefficient (Wildman–Crippen LogP) is -3.78. The monoisotopic (exact) mass is 422 g/mol. The zero-order chi connectivity index (χ0) is 14.3. The van der Waals surface area contributed by atoms with E-state index in [0.29, 0.717) is 0 Å². The van der Waals surface area contributed by atoms with Gasteiger partial charge in [0, 0.05) is 8.07 Å². The fourth-order valence-corrected chi connectivity index (χ4v) is 4.05. The molecule has 0 fully saturated rings. The Bertz CT molecular complexity index is 558. The molecule has 1 aromatic carbocycles. The van der Waals surface area contributed by atoms with Crippen molar-refractivity contribution < 1.29 is 58.9 Å². The first-order valence-corrected chi connectivity index (χ1v) is 10.6. The van der Waals surface area contributed by atoms with Crippen LogP contribution in [0.5, 0.6) is 0 Å². The van der Waals surface area contributed by atoms with E-state index in [1.807, 2.05) is 0 Å². The van der Waals surface area contributed by atoms with Crippen LogP contribution in [0.25, 0.3) is 0 Å². The van der Waals surface area contributed by atoms with Crippen molar-refractivity contribution in [2.24, 2.45) is 0 Å². The fraction of sp³-hybridized carbons (Fsp3) is 0.444. The van der Waals surface area contributed by atoms with Crippen LogP contribution in [0.3, 0.4) is 0 Å². The molecule has 0 N–H and O–H groups in total. The Balaban J connectivity index is -0.000001000. The van der Waals surface area contributed by atoms with E-state index in [0.717, 1.165) is 6.42 Å². The first kappa shape index (κ1) is 28.3. The van der Waals surface area contributed by atoms with E-state index in [2.05, 4.69) is 76.8 Å². The van der Waals surface area contributed by atoms with Crippen molar-refractivity contribution in [3.8, 4) is 0 Å². The van der Waals surface area contributed by atoms with Crippen LogP contribution in [0.1, 0.15) is 31.4 Å². The molecule has 0 spiro atoms. The maximum atomic E-state index is 3.74. The Hall–Kier alpha value is 0.501. The van der Waals surface area contributed by atoms with Crippen LogP contribution < -0.4 is 37.2 Å². The summed E-state index contributed by atoms with van der Waals surface area (Å²) in [6.45, 7) is 14.1. The van der Waals surface area contributed by atoms with Crippen molar-refractivity contribution in [2.45, 2.75) is 52.2 Å². The van der Waals surface area contributed by atoms with Crippen LogP contribution in [0.15, 0.2) is 41.1 Å². The fourth-order valence-electron chi connectivity index (χ4n) is 2.81. The molecule has 0 aromatic heterocycles. The number of hydrogen-bond donors (Lipinski definition) is 0. The summed E-state index contributed by atoms with van der Waals surface area (Å²) < 4.78 is 0. The van der Waals surface area contributed by atoms with Gasteiger partial charge in [0.05, 0.1) is 0 Å². The van der Waals surface area contributed by atoms with Crippen molar-refractivity contribution in [1.29, 1.82) is 0 Å². The third kappa shape index (κ3) is 6.38. The first-order chi connectivity index (χ1) is 8.73. The predicted molar refractivity (Wildman–Crippen MR) is 87.0 cm³/mol. The third-order valence-electron chi connectivity index (χ3n) is 4.18. The number of rotatable bonds is 3. The molecule has 1 aliphatic carbocycles. The van der Waals surface area contributed by atoms with Gasteiger partial charge in [-0.1, -0.05) is 64.2 Å². The summed E-state index contributed by atoms with van der Waals surface area (Å²) in [5.74, 6) is 0. The van der Waals surface area contributed by atoms with E-state index in [4.69, 9.17) is 0 Å². The van der Waals surface area contributed by atoms with E-state index in [-0.39, 0.29) is 64.4 Å². The minimum absolute atomic E-state index is 0. The Morgan fingerprint density at radius 1 is 1.00 bits per heavy atom. The zero-order valence-corrected chi connectivity index (χ0v) is 19.6. The molecule has 0 amide bonds. The molecule has 1 aliphatic rings.